The third-order valence-electron chi connectivity index (χ3n) is 1.49. The summed E-state index contributed by atoms with van der Waals surface area (Å²) in [6, 6.07) is 3.33. The van der Waals surface area contributed by atoms with Crippen molar-refractivity contribution in [3.63, 3.8) is 0 Å². The molecular formula is C9H13N3O2S. The molecule has 0 aliphatic heterocycles. The molecular weight excluding hydrogens is 214 g/mol. The van der Waals surface area contributed by atoms with E-state index >= 15 is 0 Å². The zero-order valence-corrected chi connectivity index (χ0v) is 9.21. The number of nitrogens with zero attached hydrogens (tertiary/aromatic N) is 1. The summed E-state index contributed by atoms with van der Waals surface area (Å²) in [5.74, 6) is 0.675. The van der Waals surface area contributed by atoms with E-state index < -0.39 is 10.0 Å². The fourth-order valence-corrected chi connectivity index (χ4v) is 1.50. The zero-order valence-electron chi connectivity index (χ0n) is 8.40. The lowest BCUT2D eigenvalue weighted by atomic mass is 10.4. The van der Waals surface area contributed by atoms with Crippen molar-refractivity contribution in [3.8, 4) is 0 Å². The number of hydrogen-bond acceptors (Lipinski definition) is 4. The largest absolute Gasteiger partial charge is 0.367 e. The molecule has 0 radical (unpaired) electrons. The van der Waals surface area contributed by atoms with E-state index in [0.717, 1.165) is 6.26 Å². The van der Waals surface area contributed by atoms with Crippen molar-refractivity contribution in [2.75, 3.05) is 22.8 Å². The first-order valence-electron chi connectivity index (χ1n) is 4.30. The van der Waals surface area contributed by atoms with Gasteiger partial charge in [0, 0.05) is 6.54 Å². The smallest absolute Gasteiger partial charge is 0.229 e. The lowest BCUT2D eigenvalue weighted by Gasteiger charge is -2.05. The number of hydrogen-bond donors (Lipinski definition) is 2. The molecule has 5 nitrogen and oxygen atoms in total. The van der Waals surface area contributed by atoms with Gasteiger partial charge < -0.3 is 5.32 Å². The number of nitrogens with one attached hydrogen (secondary N) is 2. The molecule has 1 aromatic rings. The van der Waals surface area contributed by atoms with E-state index in [1.807, 2.05) is 0 Å². The third kappa shape index (κ3) is 4.46. The van der Waals surface area contributed by atoms with Crippen LogP contribution in [0.15, 0.2) is 31.0 Å². The van der Waals surface area contributed by atoms with Crippen LogP contribution in [0.2, 0.25) is 0 Å². The first-order valence-corrected chi connectivity index (χ1v) is 6.19. The Kier molecular flexibility index (Phi) is 3.68. The predicted molar refractivity (Wildman–Crippen MR) is 61.4 cm³/mol. The van der Waals surface area contributed by atoms with Crippen LogP contribution in [-0.2, 0) is 10.0 Å². The van der Waals surface area contributed by atoms with E-state index in [1.54, 1.807) is 18.2 Å². The van der Waals surface area contributed by atoms with E-state index in [-0.39, 0.29) is 0 Å². The van der Waals surface area contributed by atoms with Gasteiger partial charge in [0.2, 0.25) is 10.0 Å². The fraction of sp³-hybridized carbons (Fsp3) is 0.222. The van der Waals surface area contributed by atoms with Crippen LogP contribution in [0.25, 0.3) is 0 Å². The maximum atomic E-state index is 10.9. The second-order valence-corrected chi connectivity index (χ2v) is 4.72. The number of sulfonamides is 1. The molecule has 0 fully saturated rings. The van der Waals surface area contributed by atoms with Crippen molar-refractivity contribution >= 4 is 21.5 Å². The van der Waals surface area contributed by atoms with Gasteiger partial charge in [0.05, 0.1) is 18.1 Å². The lowest BCUT2D eigenvalue weighted by Crippen LogP contribution is -2.10. The predicted octanol–water partition coefficient (Wildman–Crippen LogP) is 1.05. The Labute approximate surface area is 89.3 Å². The van der Waals surface area contributed by atoms with Crippen molar-refractivity contribution in [2.45, 2.75) is 0 Å². The van der Waals surface area contributed by atoms with Crippen molar-refractivity contribution < 1.29 is 8.42 Å². The van der Waals surface area contributed by atoms with Gasteiger partial charge in [-0.2, -0.15) is 0 Å². The monoisotopic (exact) mass is 227 g/mol. The summed E-state index contributed by atoms with van der Waals surface area (Å²) in [7, 11) is -3.23. The van der Waals surface area contributed by atoms with E-state index in [9.17, 15) is 8.42 Å². The number of anilines is 2. The summed E-state index contributed by atoms with van der Waals surface area (Å²) in [5, 5.41) is 2.98. The third-order valence-corrected chi connectivity index (χ3v) is 2.10. The van der Waals surface area contributed by atoms with Crippen LogP contribution in [0.5, 0.6) is 0 Å². The second kappa shape index (κ2) is 4.79. The summed E-state index contributed by atoms with van der Waals surface area (Å²) in [4.78, 5) is 4.01. The minimum absolute atomic E-state index is 0.446. The van der Waals surface area contributed by atoms with Gasteiger partial charge in [0.1, 0.15) is 5.82 Å². The Morgan fingerprint density at radius 3 is 2.73 bits per heavy atom. The van der Waals surface area contributed by atoms with Crippen molar-refractivity contribution in [1.82, 2.24) is 4.98 Å². The van der Waals surface area contributed by atoms with E-state index in [0.29, 0.717) is 18.1 Å². The average Bonchev–Trinajstić information content (AvgIpc) is 2.14. The molecule has 0 bridgehead atoms. The van der Waals surface area contributed by atoms with Crippen molar-refractivity contribution in [1.29, 1.82) is 0 Å². The van der Waals surface area contributed by atoms with Gasteiger partial charge in [-0.05, 0) is 12.1 Å². The molecule has 0 atom stereocenters. The molecule has 0 unspecified atom stereocenters. The normalized spacial score (nSPS) is 10.7. The van der Waals surface area contributed by atoms with Crippen LogP contribution in [0.1, 0.15) is 0 Å². The van der Waals surface area contributed by atoms with Gasteiger partial charge in [-0.3, -0.25) is 4.72 Å². The highest BCUT2D eigenvalue weighted by Crippen LogP contribution is 2.10. The Balaban J connectivity index is 2.68. The van der Waals surface area contributed by atoms with Crippen molar-refractivity contribution in [2.24, 2.45) is 0 Å². The van der Waals surface area contributed by atoms with Gasteiger partial charge in [-0.15, -0.1) is 6.58 Å². The van der Waals surface area contributed by atoms with E-state index in [1.165, 1.54) is 6.20 Å². The van der Waals surface area contributed by atoms with Gasteiger partial charge >= 0.3 is 0 Å². The standard InChI is InChI=1S/C9H13N3O2S/c1-3-6-10-9-5-4-8(7-11-9)12-15(2,13)14/h3-5,7,12H,1,6H2,2H3,(H,10,11). The molecule has 15 heavy (non-hydrogen) atoms. The second-order valence-electron chi connectivity index (χ2n) is 2.98. The topological polar surface area (TPSA) is 71.1 Å². The minimum atomic E-state index is -3.23. The molecule has 2 N–H and O–H groups in total. The van der Waals surface area contributed by atoms with Crippen LogP contribution >= 0.6 is 0 Å². The summed E-state index contributed by atoms with van der Waals surface area (Å²) in [5.41, 5.74) is 0.446. The maximum absolute atomic E-state index is 10.9. The molecule has 0 aliphatic rings. The number of rotatable bonds is 5. The summed E-state index contributed by atoms with van der Waals surface area (Å²) >= 11 is 0. The Morgan fingerprint density at radius 2 is 2.27 bits per heavy atom. The molecule has 0 amide bonds. The van der Waals surface area contributed by atoms with E-state index in [4.69, 9.17) is 0 Å². The van der Waals surface area contributed by atoms with Gasteiger partial charge in [0.25, 0.3) is 0 Å². The number of aromatic nitrogens is 1. The fourth-order valence-electron chi connectivity index (χ4n) is 0.950. The molecule has 0 aliphatic carbocycles. The van der Waals surface area contributed by atoms with Gasteiger partial charge in [-0.1, -0.05) is 6.08 Å². The molecule has 0 aromatic carbocycles. The van der Waals surface area contributed by atoms with Crippen LogP contribution in [0.3, 0.4) is 0 Å². The Morgan fingerprint density at radius 1 is 1.53 bits per heavy atom. The minimum Gasteiger partial charge on any atom is -0.367 e. The molecule has 6 heteroatoms. The summed E-state index contributed by atoms with van der Waals surface area (Å²) < 4.78 is 24.1. The van der Waals surface area contributed by atoms with Crippen molar-refractivity contribution in [3.05, 3.63) is 31.0 Å². The van der Waals surface area contributed by atoms with E-state index in [2.05, 4.69) is 21.6 Å². The van der Waals surface area contributed by atoms with Gasteiger partial charge in [0.15, 0.2) is 0 Å². The lowest BCUT2D eigenvalue weighted by molar-refractivity contribution is 0.607. The van der Waals surface area contributed by atoms with Crippen LogP contribution in [0.4, 0.5) is 11.5 Å². The van der Waals surface area contributed by atoms with Gasteiger partial charge in [-0.25, -0.2) is 13.4 Å². The molecule has 0 spiro atoms. The quantitative estimate of drug-likeness (QED) is 0.738. The molecule has 0 saturated carbocycles. The molecule has 1 heterocycles. The summed E-state index contributed by atoms with van der Waals surface area (Å²) in [6.45, 7) is 4.18. The highest BCUT2D eigenvalue weighted by atomic mass is 32.2. The zero-order chi connectivity index (χ0) is 11.3. The first-order chi connectivity index (χ1) is 7.01. The molecule has 0 saturated heterocycles. The molecule has 1 aromatic heterocycles. The average molecular weight is 227 g/mol. The summed E-state index contributed by atoms with van der Waals surface area (Å²) in [6.07, 6.45) is 4.26. The van der Waals surface area contributed by atoms with Crippen LogP contribution in [0, 0.1) is 0 Å². The molecule has 1 rings (SSSR count). The highest BCUT2D eigenvalue weighted by Gasteiger charge is 2.01. The highest BCUT2D eigenvalue weighted by molar-refractivity contribution is 7.92. The first kappa shape index (κ1) is 11.5. The number of pyridine rings is 1. The maximum Gasteiger partial charge on any atom is 0.229 e. The van der Waals surface area contributed by atoms with Crippen LogP contribution < -0.4 is 10.0 Å². The Hall–Kier alpha value is -1.56. The van der Waals surface area contributed by atoms with Crippen LogP contribution in [-0.4, -0.2) is 26.2 Å². The Bertz CT molecular complexity index is 425. The SMILES string of the molecule is C=CCNc1ccc(NS(C)(=O)=O)cn1. The molecule has 82 valence electrons.